The number of fused-ring (bicyclic) bond motifs is 1. The fourth-order valence-corrected chi connectivity index (χ4v) is 5.56. The Bertz CT molecular complexity index is 1010. The first-order valence-electron chi connectivity index (χ1n) is 11.7. The molecule has 2 saturated carbocycles. The highest BCUT2D eigenvalue weighted by Gasteiger charge is 2.34. The van der Waals surface area contributed by atoms with E-state index in [0.717, 1.165) is 67.1 Å². The van der Waals surface area contributed by atoms with Crippen molar-refractivity contribution in [2.45, 2.75) is 76.9 Å². The zero-order chi connectivity index (χ0) is 22.1. The largest absolute Gasteiger partial charge is 0.381 e. The van der Waals surface area contributed by atoms with Crippen molar-refractivity contribution in [1.82, 2.24) is 14.9 Å². The summed E-state index contributed by atoms with van der Waals surface area (Å²) in [5.74, 6) is 0.747. The molecule has 0 bridgehead atoms. The zero-order valence-electron chi connectivity index (χ0n) is 19.2. The summed E-state index contributed by atoms with van der Waals surface area (Å²) in [6.45, 7) is 4.17. The number of carbonyl (C=O) groups excluding carboxylic acids is 1. The molecule has 2 aliphatic rings. The van der Waals surface area contributed by atoms with Gasteiger partial charge in [0.2, 0.25) is 5.91 Å². The van der Waals surface area contributed by atoms with E-state index in [2.05, 4.69) is 17.2 Å². The zero-order valence-corrected chi connectivity index (χ0v) is 19.2. The van der Waals surface area contributed by atoms with Crippen molar-refractivity contribution in [2.75, 3.05) is 7.11 Å². The van der Waals surface area contributed by atoms with Crippen LogP contribution in [0.15, 0.2) is 23.1 Å². The number of nitrogens with zero attached hydrogens (tertiary/aromatic N) is 2. The SMILES string of the molecule is COC1CCCC(C(=O)NC2CCC(C)C(c3cc4cnc(C)cc4n(C)c3=O)C2)C1. The number of rotatable bonds is 4. The van der Waals surface area contributed by atoms with Gasteiger partial charge in [-0.25, -0.2) is 0 Å². The average Bonchev–Trinajstić information content (AvgIpc) is 2.78. The van der Waals surface area contributed by atoms with Crippen molar-refractivity contribution in [3.8, 4) is 0 Å². The fourth-order valence-electron chi connectivity index (χ4n) is 5.56. The molecule has 0 spiro atoms. The minimum absolute atomic E-state index is 0.0411. The molecule has 6 nitrogen and oxygen atoms in total. The molecule has 1 N–H and O–H groups in total. The van der Waals surface area contributed by atoms with Crippen LogP contribution in [0.2, 0.25) is 0 Å². The number of carbonyl (C=O) groups is 1. The highest BCUT2D eigenvalue weighted by molar-refractivity contribution is 5.80. The predicted molar refractivity (Wildman–Crippen MR) is 122 cm³/mol. The summed E-state index contributed by atoms with van der Waals surface area (Å²) < 4.78 is 7.25. The second kappa shape index (κ2) is 9.11. The molecule has 2 aromatic heterocycles. The smallest absolute Gasteiger partial charge is 0.254 e. The van der Waals surface area contributed by atoms with Gasteiger partial charge in [0.25, 0.3) is 5.56 Å². The van der Waals surface area contributed by atoms with Crippen LogP contribution in [-0.4, -0.2) is 34.7 Å². The van der Waals surface area contributed by atoms with Gasteiger partial charge in [-0.05, 0) is 69.4 Å². The lowest BCUT2D eigenvalue weighted by Gasteiger charge is -2.36. The van der Waals surface area contributed by atoms with Gasteiger partial charge >= 0.3 is 0 Å². The van der Waals surface area contributed by atoms with E-state index < -0.39 is 0 Å². The second-order valence-corrected chi connectivity index (χ2v) is 9.67. The van der Waals surface area contributed by atoms with E-state index in [4.69, 9.17) is 4.74 Å². The third-order valence-electron chi connectivity index (χ3n) is 7.54. The molecular formula is C25H35N3O3. The van der Waals surface area contributed by atoms with Gasteiger partial charge < -0.3 is 14.6 Å². The van der Waals surface area contributed by atoms with E-state index >= 15 is 0 Å². The van der Waals surface area contributed by atoms with E-state index in [0.29, 0.717) is 5.92 Å². The molecule has 168 valence electrons. The van der Waals surface area contributed by atoms with Gasteiger partial charge in [0, 0.05) is 49.0 Å². The molecule has 5 atom stereocenters. The maximum absolute atomic E-state index is 13.2. The Morgan fingerprint density at radius 3 is 2.77 bits per heavy atom. The fraction of sp³-hybridized carbons (Fsp3) is 0.640. The van der Waals surface area contributed by atoms with Gasteiger partial charge in [-0.15, -0.1) is 0 Å². The molecule has 5 unspecified atom stereocenters. The molecule has 0 saturated heterocycles. The molecule has 0 aromatic carbocycles. The Morgan fingerprint density at radius 2 is 2.00 bits per heavy atom. The van der Waals surface area contributed by atoms with Gasteiger partial charge in [-0.2, -0.15) is 0 Å². The van der Waals surface area contributed by atoms with Crippen molar-refractivity contribution in [2.24, 2.45) is 18.9 Å². The van der Waals surface area contributed by atoms with Gasteiger partial charge in [0.05, 0.1) is 11.6 Å². The van der Waals surface area contributed by atoms with Gasteiger partial charge in [-0.1, -0.05) is 13.3 Å². The van der Waals surface area contributed by atoms with Crippen molar-refractivity contribution in [1.29, 1.82) is 0 Å². The van der Waals surface area contributed by atoms with E-state index in [1.54, 1.807) is 11.7 Å². The first kappa shape index (κ1) is 22.0. The topological polar surface area (TPSA) is 73.2 Å². The summed E-state index contributed by atoms with van der Waals surface area (Å²) >= 11 is 0. The molecule has 0 aliphatic heterocycles. The van der Waals surface area contributed by atoms with Crippen LogP contribution >= 0.6 is 0 Å². The van der Waals surface area contributed by atoms with Crippen LogP contribution in [-0.2, 0) is 16.6 Å². The molecule has 2 heterocycles. The molecule has 6 heteroatoms. The van der Waals surface area contributed by atoms with E-state index in [-0.39, 0.29) is 35.4 Å². The van der Waals surface area contributed by atoms with Gasteiger partial charge in [-0.3, -0.25) is 14.6 Å². The standard InChI is InChI=1S/C25H35N3O3/c1-15-8-9-19(27-24(29)17-6-5-7-20(11-17)31-4)13-21(15)22-12-18-14-26-16(2)10-23(18)28(3)25(22)30/h10,12,14-15,17,19-21H,5-9,11,13H2,1-4H3,(H,27,29). The van der Waals surface area contributed by atoms with E-state index in [1.807, 2.05) is 32.3 Å². The number of methoxy groups -OCH3 is 1. The Labute approximate surface area is 184 Å². The number of ether oxygens (including phenoxy) is 1. The summed E-state index contributed by atoms with van der Waals surface area (Å²) in [4.78, 5) is 30.6. The minimum atomic E-state index is 0.0411. The molecule has 2 aromatic rings. The summed E-state index contributed by atoms with van der Waals surface area (Å²) in [6, 6.07) is 4.11. The normalized spacial score (nSPS) is 29.1. The highest BCUT2D eigenvalue weighted by Crippen LogP contribution is 2.37. The van der Waals surface area contributed by atoms with Crippen LogP contribution in [0.4, 0.5) is 0 Å². The van der Waals surface area contributed by atoms with Crippen LogP contribution in [0.25, 0.3) is 10.9 Å². The van der Waals surface area contributed by atoms with Crippen LogP contribution in [0, 0.1) is 18.8 Å². The van der Waals surface area contributed by atoms with Crippen molar-refractivity contribution in [3.05, 3.63) is 39.9 Å². The number of nitrogens with one attached hydrogen (secondary N) is 1. The Hall–Kier alpha value is -2.21. The maximum atomic E-state index is 13.2. The van der Waals surface area contributed by atoms with Gasteiger partial charge in [0.15, 0.2) is 0 Å². The molecule has 2 aliphatic carbocycles. The third-order valence-corrected chi connectivity index (χ3v) is 7.54. The lowest BCUT2D eigenvalue weighted by molar-refractivity contribution is -0.128. The Balaban J connectivity index is 1.53. The number of hydrogen-bond acceptors (Lipinski definition) is 4. The Morgan fingerprint density at radius 1 is 1.19 bits per heavy atom. The lowest BCUT2D eigenvalue weighted by Crippen LogP contribution is -2.44. The molecule has 31 heavy (non-hydrogen) atoms. The average molecular weight is 426 g/mol. The van der Waals surface area contributed by atoms with Crippen LogP contribution in [0.3, 0.4) is 0 Å². The minimum Gasteiger partial charge on any atom is -0.381 e. The predicted octanol–water partition coefficient (Wildman–Crippen LogP) is 3.84. The quantitative estimate of drug-likeness (QED) is 0.808. The number of hydrogen-bond donors (Lipinski definition) is 1. The van der Waals surface area contributed by atoms with Crippen molar-refractivity contribution < 1.29 is 9.53 Å². The maximum Gasteiger partial charge on any atom is 0.254 e. The van der Waals surface area contributed by atoms with Crippen LogP contribution < -0.4 is 10.9 Å². The summed E-state index contributed by atoms with van der Waals surface area (Å²) in [7, 11) is 3.58. The first-order valence-corrected chi connectivity index (χ1v) is 11.7. The Kier molecular flexibility index (Phi) is 6.47. The number of aryl methyl sites for hydroxylation is 2. The van der Waals surface area contributed by atoms with Crippen molar-refractivity contribution in [3.63, 3.8) is 0 Å². The second-order valence-electron chi connectivity index (χ2n) is 9.67. The van der Waals surface area contributed by atoms with Crippen LogP contribution in [0.1, 0.15) is 69.0 Å². The third kappa shape index (κ3) is 4.54. The number of pyridine rings is 2. The number of amides is 1. The van der Waals surface area contributed by atoms with Crippen molar-refractivity contribution >= 4 is 16.8 Å². The molecule has 0 radical (unpaired) electrons. The molecular weight excluding hydrogens is 390 g/mol. The monoisotopic (exact) mass is 425 g/mol. The number of aromatic nitrogens is 2. The van der Waals surface area contributed by atoms with E-state index in [9.17, 15) is 9.59 Å². The van der Waals surface area contributed by atoms with Gasteiger partial charge in [0.1, 0.15) is 0 Å². The molecule has 4 rings (SSSR count). The van der Waals surface area contributed by atoms with Crippen LogP contribution in [0.5, 0.6) is 0 Å². The summed E-state index contributed by atoms with van der Waals surface area (Å²) in [5.41, 5.74) is 2.74. The first-order chi connectivity index (χ1) is 14.9. The summed E-state index contributed by atoms with van der Waals surface area (Å²) in [5, 5.41) is 4.31. The van der Waals surface area contributed by atoms with E-state index in [1.165, 1.54) is 0 Å². The highest BCUT2D eigenvalue weighted by atomic mass is 16.5. The molecule has 2 fully saturated rings. The lowest BCUT2D eigenvalue weighted by atomic mass is 9.74. The molecule has 1 amide bonds. The summed E-state index contributed by atoms with van der Waals surface area (Å²) in [6.07, 6.45) is 8.68.